The molecule has 0 radical (unpaired) electrons. The standard InChI is InChI=1S/C26H29N3O4/c1-15-18-10-12-26(2,33-23(18)21-6-4-3-5-20(21)22(15)30)11-9-17-13-16(14-29-25(27)28)7-8-19(17)24(31)32/h3-8,13,30H,9-12,14H2,1-2H3,(H,31,32)(H4,27,28,29). The lowest BCUT2D eigenvalue weighted by atomic mass is 9.84. The van der Waals surface area contributed by atoms with Gasteiger partial charge in [-0.3, -0.25) is 0 Å². The molecule has 1 heterocycles. The van der Waals surface area contributed by atoms with Gasteiger partial charge in [0.1, 0.15) is 17.1 Å². The number of guanidine groups is 1. The van der Waals surface area contributed by atoms with Gasteiger partial charge in [0.15, 0.2) is 5.96 Å². The van der Waals surface area contributed by atoms with Crippen LogP contribution in [0.3, 0.4) is 0 Å². The van der Waals surface area contributed by atoms with Crippen LogP contribution in [0.2, 0.25) is 0 Å². The maximum absolute atomic E-state index is 11.8. The SMILES string of the molecule is Cc1c2c(c3ccccc3c1O)OC(C)(CCc1cc(CN=C(N)N)ccc1C(=O)O)CC2. The van der Waals surface area contributed by atoms with Gasteiger partial charge in [-0.2, -0.15) is 0 Å². The number of carboxylic acid groups (broad SMARTS) is 1. The van der Waals surface area contributed by atoms with Gasteiger partial charge in [0.2, 0.25) is 0 Å². The van der Waals surface area contributed by atoms with Crippen molar-refractivity contribution in [1.29, 1.82) is 0 Å². The quantitative estimate of drug-likeness (QED) is 0.333. The highest BCUT2D eigenvalue weighted by molar-refractivity contribution is 5.96. The fraction of sp³-hybridized carbons (Fsp3) is 0.308. The van der Waals surface area contributed by atoms with Crippen LogP contribution < -0.4 is 16.2 Å². The number of aromatic hydroxyl groups is 1. The monoisotopic (exact) mass is 447 g/mol. The van der Waals surface area contributed by atoms with E-state index in [0.717, 1.165) is 51.6 Å². The van der Waals surface area contributed by atoms with Crippen LogP contribution in [0.4, 0.5) is 0 Å². The number of aromatic carboxylic acids is 1. The number of aliphatic imine (C=N–C) groups is 1. The van der Waals surface area contributed by atoms with E-state index in [2.05, 4.69) is 11.9 Å². The summed E-state index contributed by atoms with van der Waals surface area (Å²) in [5.74, 6) is 0.152. The largest absolute Gasteiger partial charge is 0.507 e. The number of nitrogens with zero attached hydrogens (tertiary/aromatic N) is 1. The summed E-state index contributed by atoms with van der Waals surface area (Å²) in [5.41, 5.74) is 14.1. The van der Waals surface area contributed by atoms with Crippen LogP contribution in [0.15, 0.2) is 47.5 Å². The van der Waals surface area contributed by atoms with Gasteiger partial charge in [-0.25, -0.2) is 9.79 Å². The van der Waals surface area contributed by atoms with Crippen LogP contribution >= 0.6 is 0 Å². The predicted molar refractivity (Wildman–Crippen MR) is 129 cm³/mol. The molecule has 1 atom stereocenters. The molecule has 1 aliphatic heterocycles. The number of phenolic OH excluding ortho intramolecular Hbond substituents is 1. The van der Waals surface area contributed by atoms with Gasteiger partial charge in [-0.15, -0.1) is 0 Å². The Hall–Kier alpha value is -3.74. The predicted octanol–water partition coefficient (Wildman–Crippen LogP) is 4.04. The molecular weight excluding hydrogens is 418 g/mol. The first kappa shape index (κ1) is 22.5. The smallest absolute Gasteiger partial charge is 0.335 e. The highest BCUT2D eigenvalue weighted by Gasteiger charge is 2.34. The minimum atomic E-state index is -0.962. The van der Waals surface area contributed by atoms with Crippen LogP contribution in [0.5, 0.6) is 11.5 Å². The number of aryl methyl sites for hydroxylation is 1. The summed E-state index contributed by atoms with van der Waals surface area (Å²) in [5, 5.41) is 22.0. The number of benzene rings is 3. The molecular formula is C26H29N3O4. The van der Waals surface area contributed by atoms with Gasteiger partial charge in [0, 0.05) is 16.3 Å². The van der Waals surface area contributed by atoms with Crippen molar-refractivity contribution in [2.75, 3.05) is 0 Å². The Kier molecular flexibility index (Phi) is 5.89. The average Bonchev–Trinajstić information content (AvgIpc) is 2.80. The number of carbonyl (C=O) groups is 1. The fourth-order valence-electron chi connectivity index (χ4n) is 4.59. The maximum atomic E-state index is 11.8. The molecule has 0 spiro atoms. The van der Waals surface area contributed by atoms with Crippen molar-refractivity contribution >= 4 is 22.7 Å². The zero-order valence-corrected chi connectivity index (χ0v) is 18.9. The summed E-state index contributed by atoms with van der Waals surface area (Å²) >= 11 is 0. The van der Waals surface area contributed by atoms with Gasteiger partial charge in [0.05, 0.1) is 12.1 Å². The van der Waals surface area contributed by atoms with Crippen LogP contribution in [0, 0.1) is 6.92 Å². The average molecular weight is 448 g/mol. The molecule has 4 rings (SSSR count). The lowest BCUT2D eigenvalue weighted by molar-refractivity contribution is 0.0575. The van der Waals surface area contributed by atoms with Crippen LogP contribution in [-0.4, -0.2) is 27.7 Å². The molecule has 0 aliphatic carbocycles. The molecule has 0 saturated carbocycles. The normalized spacial score (nSPS) is 17.3. The third-order valence-corrected chi connectivity index (χ3v) is 6.53. The number of ether oxygens (including phenoxy) is 1. The Bertz CT molecular complexity index is 1260. The number of nitrogens with two attached hydrogens (primary N) is 2. The Morgan fingerprint density at radius 2 is 1.91 bits per heavy atom. The molecule has 0 saturated heterocycles. The van der Waals surface area contributed by atoms with Crippen LogP contribution in [0.1, 0.15) is 52.4 Å². The second-order valence-corrected chi connectivity index (χ2v) is 8.92. The Labute approximate surface area is 192 Å². The topological polar surface area (TPSA) is 131 Å². The second kappa shape index (κ2) is 8.65. The second-order valence-electron chi connectivity index (χ2n) is 8.92. The van der Waals surface area contributed by atoms with Crippen molar-refractivity contribution in [2.45, 2.75) is 51.7 Å². The first-order chi connectivity index (χ1) is 15.7. The third-order valence-electron chi connectivity index (χ3n) is 6.53. The van der Waals surface area contributed by atoms with E-state index in [1.54, 1.807) is 12.1 Å². The lowest BCUT2D eigenvalue weighted by Gasteiger charge is -2.37. The van der Waals surface area contributed by atoms with E-state index in [-0.39, 0.29) is 11.5 Å². The summed E-state index contributed by atoms with van der Waals surface area (Å²) in [6, 6.07) is 12.9. The minimum Gasteiger partial charge on any atom is -0.507 e. The van der Waals surface area contributed by atoms with E-state index >= 15 is 0 Å². The van der Waals surface area contributed by atoms with Gasteiger partial charge >= 0.3 is 5.97 Å². The molecule has 3 aromatic rings. The molecule has 0 amide bonds. The molecule has 0 aromatic heterocycles. The van der Waals surface area contributed by atoms with Gasteiger partial charge in [-0.05, 0) is 62.3 Å². The first-order valence-corrected chi connectivity index (χ1v) is 11.0. The number of hydrogen-bond acceptors (Lipinski definition) is 4. The first-order valence-electron chi connectivity index (χ1n) is 11.0. The highest BCUT2D eigenvalue weighted by Crippen LogP contribution is 2.46. The van der Waals surface area contributed by atoms with E-state index in [4.69, 9.17) is 16.2 Å². The lowest BCUT2D eigenvalue weighted by Crippen LogP contribution is -2.37. The molecule has 3 aromatic carbocycles. The number of carboxylic acids is 1. The number of phenols is 1. The minimum absolute atomic E-state index is 0.00537. The zero-order valence-electron chi connectivity index (χ0n) is 18.9. The molecule has 0 fully saturated rings. The molecule has 7 heteroatoms. The summed E-state index contributed by atoms with van der Waals surface area (Å²) in [4.78, 5) is 15.8. The van der Waals surface area contributed by atoms with E-state index in [9.17, 15) is 15.0 Å². The summed E-state index contributed by atoms with van der Waals surface area (Å²) in [7, 11) is 0. The van der Waals surface area contributed by atoms with Gasteiger partial charge in [0.25, 0.3) is 0 Å². The van der Waals surface area contributed by atoms with Crippen molar-refractivity contribution in [3.05, 3.63) is 70.3 Å². The van der Waals surface area contributed by atoms with Crippen molar-refractivity contribution in [3.8, 4) is 11.5 Å². The molecule has 6 N–H and O–H groups in total. The Morgan fingerprint density at radius 1 is 1.18 bits per heavy atom. The van der Waals surface area contributed by atoms with Crippen molar-refractivity contribution in [2.24, 2.45) is 16.5 Å². The van der Waals surface area contributed by atoms with Crippen molar-refractivity contribution < 1.29 is 19.7 Å². The van der Waals surface area contributed by atoms with E-state index < -0.39 is 11.6 Å². The van der Waals surface area contributed by atoms with Crippen molar-refractivity contribution in [1.82, 2.24) is 0 Å². The van der Waals surface area contributed by atoms with E-state index in [1.807, 2.05) is 37.3 Å². The van der Waals surface area contributed by atoms with Crippen molar-refractivity contribution in [3.63, 3.8) is 0 Å². The summed E-state index contributed by atoms with van der Waals surface area (Å²) in [6.07, 6.45) is 2.74. The molecule has 0 bridgehead atoms. The summed E-state index contributed by atoms with van der Waals surface area (Å²) in [6.45, 7) is 4.29. The molecule has 7 nitrogen and oxygen atoms in total. The molecule has 1 aliphatic rings. The number of fused-ring (bicyclic) bond motifs is 3. The van der Waals surface area contributed by atoms with E-state index in [0.29, 0.717) is 25.1 Å². The van der Waals surface area contributed by atoms with E-state index in [1.165, 1.54) is 0 Å². The van der Waals surface area contributed by atoms with Gasteiger partial charge < -0.3 is 26.4 Å². The number of rotatable bonds is 6. The summed E-state index contributed by atoms with van der Waals surface area (Å²) < 4.78 is 6.59. The molecule has 172 valence electrons. The van der Waals surface area contributed by atoms with Crippen LogP contribution in [0.25, 0.3) is 10.8 Å². The fourth-order valence-corrected chi connectivity index (χ4v) is 4.59. The Morgan fingerprint density at radius 3 is 2.61 bits per heavy atom. The molecule has 33 heavy (non-hydrogen) atoms. The van der Waals surface area contributed by atoms with Crippen LogP contribution in [-0.2, 0) is 19.4 Å². The molecule has 1 unspecified atom stereocenters. The third kappa shape index (κ3) is 4.44. The highest BCUT2D eigenvalue weighted by atomic mass is 16.5. The maximum Gasteiger partial charge on any atom is 0.335 e. The number of hydrogen-bond donors (Lipinski definition) is 4. The Balaban J connectivity index is 1.62. The van der Waals surface area contributed by atoms with Gasteiger partial charge in [-0.1, -0.05) is 36.4 Å². The zero-order chi connectivity index (χ0) is 23.8.